The Bertz CT molecular complexity index is 1100. The molecule has 0 unspecified atom stereocenters. The van der Waals surface area contributed by atoms with Crippen LogP contribution in [0.15, 0.2) is 33.8 Å². The minimum Gasteiger partial charge on any atom is -0.481 e. The zero-order valence-corrected chi connectivity index (χ0v) is 15.4. The van der Waals surface area contributed by atoms with Crippen LogP contribution >= 0.6 is 34.3 Å². The zero-order valence-electron chi connectivity index (χ0n) is 12.9. The van der Waals surface area contributed by atoms with Crippen molar-refractivity contribution in [3.63, 3.8) is 0 Å². The van der Waals surface area contributed by atoms with Gasteiger partial charge in [-0.05, 0) is 23.3 Å². The van der Waals surface area contributed by atoms with Gasteiger partial charge in [-0.1, -0.05) is 17.7 Å². The number of fused-ring (bicyclic) bond motifs is 2. The lowest BCUT2D eigenvalue weighted by molar-refractivity contribution is -0.136. The van der Waals surface area contributed by atoms with E-state index in [1.165, 1.54) is 21.6 Å². The van der Waals surface area contributed by atoms with Crippen LogP contribution in [-0.4, -0.2) is 25.7 Å². The first kappa shape index (κ1) is 16.5. The van der Waals surface area contributed by atoms with Gasteiger partial charge in [0.2, 0.25) is 0 Å². The Labute approximate surface area is 155 Å². The van der Waals surface area contributed by atoms with Crippen LogP contribution in [0.4, 0.5) is 0 Å². The van der Waals surface area contributed by atoms with Crippen LogP contribution in [0.2, 0.25) is 5.02 Å². The van der Waals surface area contributed by atoms with E-state index in [9.17, 15) is 9.59 Å². The van der Waals surface area contributed by atoms with E-state index < -0.39 is 5.97 Å². The highest BCUT2D eigenvalue weighted by Gasteiger charge is 2.18. The van der Waals surface area contributed by atoms with E-state index in [1.807, 2.05) is 18.2 Å². The lowest BCUT2D eigenvalue weighted by atomic mass is 10.1. The first-order valence-electron chi connectivity index (χ1n) is 7.53. The Hall–Kier alpha value is -1.96. The molecule has 0 atom stereocenters. The molecule has 25 heavy (non-hydrogen) atoms. The number of carboxylic acid groups (broad SMARTS) is 1. The second-order valence-corrected chi connectivity index (χ2v) is 8.10. The third-order valence-electron chi connectivity index (χ3n) is 4.12. The third kappa shape index (κ3) is 3.03. The lowest BCUT2D eigenvalue weighted by Gasteiger charge is -2.10. The first-order valence-corrected chi connectivity index (χ1v) is 9.93. The Morgan fingerprint density at radius 2 is 2.16 bits per heavy atom. The van der Waals surface area contributed by atoms with Crippen LogP contribution < -0.4 is 5.56 Å². The minimum absolute atomic E-state index is 0.191. The summed E-state index contributed by atoms with van der Waals surface area (Å²) in [6.07, 6.45) is -0.205. The van der Waals surface area contributed by atoms with Gasteiger partial charge in [-0.3, -0.25) is 9.59 Å². The molecular formula is C17H13ClN2O3S2. The predicted molar refractivity (Wildman–Crippen MR) is 103 cm³/mol. The molecule has 0 bridgehead atoms. The molecule has 128 valence electrons. The minimum atomic E-state index is -0.964. The second kappa shape index (κ2) is 6.40. The van der Waals surface area contributed by atoms with E-state index in [-0.39, 0.29) is 12.0 Å². The summed E-state index contributed by atoms with van der Waals surface area (Å²) in [6.45, 7) is 0.339. The number of hydrogen-bond donors (Lipinski definition) is 2. The molecular weight excluding hydrogens is 380 g/mol. The van der Waals surface area contributed by atoms with Crippen molar-refractivity contribution >= 4 is 55.9 Å². The van der Waals surface area contributed by atoms with E-state index in [2.05, 4.69) is 5.10 Å². The molecule has 0 radical (unpaired) electrons. The Kier molecular flexibility index (Phi) is 4.23. The molecule has 1 N–H and O–H groups in total. The number of benzene rings is 1. The van der Waals surface area contributed by atoms with E-state index in [1.54, 1.807) is 10.8 Å². The van der Waals surface area contributed by atoms with Crippen LogP contribution in [0.3, 0.4) is 0 Å². The van der Waals surface area contributed by atoms with Gasteiger partial charge >= 0.3 is 5.97 Å². The van der Waals surface area contributed by atoms with Crippen molar-refractivity contribution in [2.45, 2.75) is 18.7 Å². The van der Waals surface area contributed by atoms with Gasteiger partial charge in [-0.15, -0.1) is 0 Å². The predicted octanol–water partition coefficient (Wildman–Crippen LogP) is 2.94. The number of nitrogens with zero attached hydrogens (tertiary/aromatic N) is 2. The van der Waals surface area contributed by atoms with Crippen molar-refractivity contribution in [1.29, 1.82) is 0 Å². The fraction of sp³-hybridized carbons (Fsp3) is 0.176. The Balaban J connectivity index is 1.78. The summed E-state index contributed by atoms with van der Waals surface area (Å²) in [5.74, 6) is -0.0758. The number of hydrogen-bond acceptors (Lipinski definition) is 4. The topological polar surface area (TPSA) is 72.2 Å². The molecule has 5 nitrogen and oxygen atoms in total. The number of halogens is 1. The molecule has 0 saturated heterocycles. The Morgan fingerprint density at radius 3 is 2.96 bits per heavy atom. The second-order valence-electron chi connectivity index (χ2n) is 5.74. The quantitative estimate of drug-likeness (QED) is 0.529. The summed E-state index contributed by atoms with van der Waals surface area (Å²) in [5.41, 5.74) is 2.50. The molecule has 8 heteroatoms. The van der Waals surface area contributed by atoms with E-state index in [0.717, 1.165) is 27.5 Å². The van der Waals surface area contributed by atoms with Gasteiger partial charge in [0.1, 0.15) is 0 Å². The number of aromatic nitrogens is 2. The molecule has 1 aliphatic heterocycles. The monoisotopic (exact) mass is 392 g/mol. The van der Waals surface area contributed by atoms with E-state index in [4.69, 9.17) is 16.7 Å². The van der Waals surface area contributed by atoms with Gasteiger partial charge in [0.05, 0.1) is 24.0 Å². The molecule has 0 spiro atoms. The molecule has 3 heterocycles. The van der Waals surface area contributed by atoms with Gasteiger partial charge in [-0.25, -0.2) is 4.68 Å². The highest BCUT2D eigenvalue weighted by Crippen LogP contribution is 2.27. The largest absolute Gasteiger partial charge is 0.481 e. The van der Waals surface area contributed by atoms with Crippen molar-refractivity contribution in [2.24, 2.45) is 0 Å². The van der Waals surface area contributed by atoms with Crippen molar-refractivity contribution in [3.05, 3.63) is 61.2 Å². The van der Waals surface area contributed by atoms with E-state index >= 15 is 0 Å². The van der Waals surface area contributed by atoms with Crippen LogP contribution in [-0.2, 0) is 23.5 Å². The normalized spacial score (nSPS) is 13.4. The average Bonchev–Trinajstić information content (AvgIpc) is 3.19. The number of carbonyl (C=O) groups is 1. The highest BCUT2D eigenvalue weighted by molar-refractivity contribution is 7.98. The Morgan fingerprint density at radius 1 is 1.36 bits per heavy atom. The summed E-state index contributed by atoms with van der Waals surface area (Å²) < 4.78 is 1.38. The van der Waals surface area contributed by atoms with Crippen LogP contribution in [0.1, 0.15) is 16.8 Å². The summed E-state index contributed by atoms with van der Waals surface area (Å²) in [4.78, 5) is 24.9. The first-order chi connectivity index (χ1) is 12.0. The molecule has 0 saturated carbocycles. The van der Waals surface area contributed by atoms with Gasteiger partial charge in [0, 0.05) is 31.8 Å². The lowest BCUT2D eigenvalue weighted by Crippen LogP contribution is -2.28. The molecule has 1 aromatic carbocycles. The number of thiol groups is 1. The summed E-state index contributed by atoms with van der Waals surface area (Å²) >= 11 is 8.60. The summed E-state index contributed by atoms with van der Waals surface area (Å²) in [7, 11) is 0. The van der Waals surface area contributed by atoms with Gasteiger partial charge in [-0.2, -0.15) is 27.8 Å². The van der Waals surface area contributed by atoms with Gasteiger partial charge in [0.25, 0.3) is 5.56 Å². The molecule has 1 aliphatic rings. The number of carboxylic acids is 1. The number of aliphatic carboxylic acids is 1. The molecule has 0 fully saturated rings. The van der Waals surface area contributed by atoms with Crippen molar-refractivity contribution in [3.8, 4) is 0 Å². The van der Waals surface area contributed by atoms with Crippen molar-refractivity contribution < 1.29 is 9.90 Å². The highest BCUT2D eigenvalue weighted by atomic mass is 35.5. The smallest absolute Gasteiger partial charge is 0.309 e. The van der Waals surface area contributed by atoms with Crippen LogP contribution in [0.25, 0.3) is 10.8 Å². The standard InChI is InChI=1S/C17H13ClN2O3S2/c18-10-2-1-9-6-25-15(11(9)3-10)5-20-17(23)13-8-24-7-12(13)14(19-20)4-16(21)22/h1-3,7-8,25H,4-6H2,(H,21,22). The van der Waals surface area contributed by atoms with Crippen LogP contribution in [0, 0.1) is 0 Å². The van der Waals surface area contributed by atoms with Crippen LogP contribution in [0.5, 0.6) is 0 Å². The molecule has 4 rings (SSSR count). The third-order valence-corrected chi connectivity index (χ3v) is 6.36. The fourth-order valence-electron chi connectivity index (χ4n) is 2.95. The summed E-state index contributed by atoms with van der Waals surface area (Å²) in [6, 6.07) is 5.79. The zero-order chi connectivity index (χ0) is 17.6. The average molecular weight is 393 g/mol. The molecule has 3 aromatic rings. The maximum absolute atomic E-state index is 12.7. The van der Waals surface area contributed by atoms with Crippen molar-refractivity contribution in [1.82, 2.24) is 9.78 Å². The van der Waals surface area contributed by atoms with E-state index in [0.29, 0.717) is 28.0 Å². The number of thiophene rings is 1. The molecule has 2 aromatic heterocycles. The van der Waals surface area contributed by atoms with Gasteiger partial charge in [0.15, 0.2) is 0 Å². The summed E-state index contributed by atoms with van der Waals surface area (Å²) in [5, 5.41) is 18.8. The number of rotatable bonds is 4. The SMILES string of the molecule is O=C(O)Cc1nn(CC2=[SH]Cc3ccc(Cl)cc32)c(=O)c2cscc12. The fourth-order valence-corrected chi connectivity index (χ4v) is 5.20. The maximum Gasteiger partial charge on any atom is 0.309 e. The van der Waals surface area contributed by atoms with Gasteiger partial charge < -0.3 is 5.11 Å². The van der Waals surface area contributed by atoms with Crippen molar-refractivity contribution in [2.75, 3.05) is 0 Å². The maximum atomic E-state index is 12.7. The molecule has 0 aliphatic carbocycles. The molecule has 0 amide bonds.